The Kier molecular flexibility index (Phi) is 4.73. The van der Waals surface area contributed by atoms with E-state index in [9.17, 15) is 14.7 Å². The van der Waals surface area contributed by atoms with Gasteiger partial charge in [0.25, 0.3) is 5.56 Å². The van der Waals surface area contributed by atoms with Crippen LogP contribution in [-0.4, -0.2) is 18.8 Å². The van der Waals surface area contributed by atoms with Crippen molar-refractivity contribution in [3.05, 3.63) is 110 Å². The summed E-state index contributed by atoms with van der Waals surface area (Å²) in [4.78, 5) is 26.9. The van der Waals surface area contributed by atoms with Gasteiger partial charge in [0.2, 0.25) is 0 Å². The van der Waals surface area contributed by atoms with Gasteiger partial charge in [-0.05, 0) is 43.2 Å². The largest absolute Gasteiger partial charge is 0.508 e. The zero-order valence-electron chi connectivity index (χ0n) is 20.4. The van der Waals surface area contributed by atoms with Crippen molar-refractivity contribution in [3.63, 3.8) is 0 Å². The molecule has 1 N–H and O–H groups in total. The van der Waals surface area contributed by atoms with Gasteiger partial charge < -0.3 is 14.4 Å². The molecule has 7 nitrogen and oxygen atoms in total. The van der Waals surface area contributed by atoms with E-state index < -0.39 is 11.8 Å². The third-order valence-electron chi connectivity index (χ3n) is 7.08. The van der Waals surface area contributed by atoms with E-state index in [0.717, 1.165) is 26.9 Å². The monoisotopic (exact) mass is 479 g/mol. The third-order valence-corrected chi connectivity index (χ3v) is 7.08. The topological polar surface area (TPSA) is 78.4 Å². The summed E-state index contributed by atoms with van der Waals surface area (Å²) in [5, 5.41) is 11.3. The van der Waals surface area contributed by atoms with Gasteiger partial charge in [-0.25, -0.2) is 4.79 Å². The number of para-hydroxylation sites is 1. The highest BCUT2D eigenvalue weighted by Crippen LogP contribution is 2.48. The molecule has 0 spiro atoms. The van der Waals surface area contributed by atoms with Crippen LogP contribution >= 0.6 is 0 Å². The van der Waals surface area contributed by atoms with Crippen molar-refractivity contribution in [1.82, 2.24) is 13.7 Å². The van der Waals surface area contributed by atoms with Crippen LogP contribution in [0, 0.1) is 13.8 Å². The molecule has 0 aliphatic carbocycles. The van der Waals surface area contributed by atoms with Gasteiger partial charge in [0.1, 0.15) is 11.5 Å². The van der Waals surface area contributed by atoms with Gasteiger partial charge in [0.05, 0.1) is 28.0 Å². The molecule has 0 unspecified atom stereocenters. The maximum Gasteiger partial charge on any atom is 0.331 e. The van der Waals surface area contributed by atoms with Crippen molar-refractivity contribution in [2.45, 2.75) is 20.0 Å². The second-order valence-electron chi connectivity index (χ2n) is 9.34. The molecule has 1 atom stereocenters. The van der Waals surface area contributed by atoms with Crippen LogP contribution in [0.4, 0.5) is 0 Å². The molecular weight excluding hydrogens is 454 g/mol. The molecule has 180 valence electrons. The number of aromatic nitrogens is 3. The number of phenols is 1. The van der Waals surface area contributed by atoms with Crippen LogP contribution in [0.1, 0.15) is 28.5 Å². The van der Waals surface area contributed by atoms with E-state index in [1.54, 1.807) is 25.2 Å². The van der Waals surface area contributed by atoms with E-state index in [1.165, 1.54) is 11.6 Å². The van der Waals surface area contributed by atoms with Gasteiger partial charge in [-0.1, -0.05) is 48.5 Å². The molecule has 0 fully saturated rings. The van der Waals surface area contributed by atoms with E-state index in [0.29, 0.717) is 33.6 Å². The molecule has 3 heterocycles. The molecular formula is C29H25N3O4. The minimum absolute atomic E-state index is 0.0743. The Labute approximate surface area is 207 Å². The smallest absolute Gasteiger partial charge is 0.331 e. The maximum atomic E-state index is 13.8. The molecule has 3 aromatic carbocycles. The zero-order valence-corrected chi connectivity index (χ0v) is 20.4. The third kappa shape index (κ3) is 2.92. The van der Waals surface area contributed by atoms with Crippen LogP contribution in [0.3, 0.4) is 0 Å². The Morgan fingerprint density at radius 2 is 1.61 bits per heavy atom. The predicted molar refractivity (Wildman–Crippen MR) is 139 cm³/mol. The second-order valence-corrected chi connectivity index (χ2v) is 9.34. The molecule has 36 heavy (non-hydrogen) atoms. The van der Waals surface area contributed by atoms with Crippen LogP contribution in [0.25, 0.3) is 27.8 Å². The fourth-order valence-electron chi connectivity index (χ4n) is 5.29. The highest BCUT2D eigenvalue weighted by molar-refractivity contribution is 5.99. The first-order valence-electron chi connectivity index (χ1n) is 11.8. The second kappa shape index (κ2) is 7.75. The fraction of sp³-hybridized carbons (Fsp3) is 0.172. The quantitative estimate of drug-likeness (QED) is 0.404. The summed E-state index contributed by atoms with van der Waals surface area (Å²) >= 11 is 0. The molecule has 6 rings (SSSR count). The molecule has 1 aliphatic heterocycles. The fourth-order valence-corrected chi connectivity index (χ4v) is 5.29. The number of ether oxygens (including phenoxy) is 1. The molecule has 0 saturated carbocycles. The Morgan fingerprint density at radius 3 is 2.36 bits per heavy atom. The minimum atomic E-state index is -0.751. The van der Waals surface area contributed by atoms with Crippen molar-refractivity contribution in [2.75, 3.05) is 0 Å². The lowest BCUT2D eigenvalue weighted by molar-refractivity contribution is 0.224. The van der Waals surface area contributed by atoms with Gasteiger partial charge in [0.15, 0.2) is 6.10 Å². The Hall–Kier alpha value is -4.52. The lowest BCUT2D eigenvalue weighted by atomic mass is 10.0. The van der Waals surface area contributed by atoms with Gasteiger partial charge in [-0.15, -0.1) is 0 Å². The molecule has 1 aliphatic rings. The molecule has 0 radical (unpaired) electrons. The zero-order chi connectivity index (χ0) is 25.3. The van der Waals surface area contributed by atoms with Gasteiger partial charge in [-0.2, -0.15) is 0 Å². The summed E-state index contributed by atoms with van der Waals surface area (Å²) in [5.41, 5.74) is 5.24. The summed E-state index contributed by atoms with van der Waals surface area (Å²) in [6, 6.07) is 20.8. The number of phenolic OH excluding ortho intramolecular Hbond substituents is 1. The van der Waals surface area contributed by atoms with Gasteiger partial charge in [-0.3, -0.25) is 13.9 Å². The summed E-state index contributed by atoms with van der Waals surface area (Å²) in [7, 11) is 3.16. The highest BCUT2D eigenvalue weighted by atomic mass is 16.5. The number of aryl methyl sites for hydroxylation is 3. The number of hydrogen-bond acceptors (Lipinski definition) is 4. The first-order valence-corrected chi connectivity index (χ1v) is 11.8. The van der Waals surface area contributed by atoms with E-state index in [2.05, 4.69) is 0 Å². The average Bonchev–Trinajstić information content (AvgIpc) is 3.23. The van der Waals surface area contributed by atoms with Crippen molar-refractivity contribution in [3.8, 4) is 28.4 Å². The number of nitrogens with zero attached hydrogens (tertiary/aromatic N) is 3. The predicted octanol–water partition coefficient (Wildman–Crippen LogP) is 4.50. The van der Waals surface area contributed by atoms with Crippen LogP contribution in [0.15, 0.2) is 76.3 Å². The van der Waals surface area contributed by atoms with Gasteiger partial charge in [0, 0.05) is 25.2 Å². The van der Waals surface area contributed by atoms with Crippen LogP contribution in [-0.2, 0) is 14.1 Å². The highest BCUT2D eigenvalue weighted by Gasteiger charge is 2.37. The number of hydrogen-bond donors (Lipinski definition) is 1. The van der Waals surface area contributed by atoms with E-state index in [-0.39, 0.29) is 11.3 Å². The number of fused-ring (bicyclic) bond motifs is 5. The van der Waals surface area contributed by atoms with E-state index in [1.807, 2.05) is 66.9 Å². The number of rotatable bonds is 2. The molecule has 0 amide bonds. The summed E-state index contributed by atoms with van der Waals surface area (Å²) < 4.78 is 11.2. The Bertz CT molecular complexity index is 1820. The van der Waals surface area contributed by atoms with Crippen LogP contribution in [0.5, 0.6) is 11.5 Å². The summed E-state index contributed by atoms with van der Waals surface area (Å²) in [5.74, 6) is 0.698. The molecule has 5 aromatic rings. The van der Waals surface area contributed by atoms with Crippen molar-refractivity contribution >= 4 is 10.9 Å². The van der Waals surface area contributed by atoms with Crippen LogP contribution < -0.4 is 16.0 Å². The summed E-state index contributed by atoms with van der Waals surface area (Å²) in [6.45, 7) is 4.01. The number of benzene rings is 3. The van der Waals surface area contributed by atoms with E-state index >= 15 is 0 Å². The Morgan fingerprint density at radius 1 is 0.889 bits per heavy atom. The molecule has 2 aromatic heterocycles. The SMILES string of the molecule is Cc1ccc2c(c1)-n1c(-c3ccccc3C)c3c(=O)n(C)c(=O)n(C)c3c1[C@@H](c1ccccc1O)O2. The molecule has 0 saturated heterocycles. The average molecular weight is 480 g/mol. The van der Waals surface area contributed by atoms with Crippen LogP contribution in [0.2, 0.25) is 0 Å². The van der Waals surface area contributed by atoms with Crippen molar-refractivity contribution in [2.24, 2.45) is 14.1 Å². The molecule has 0 bridgehead atoms. The molecule has 7 heteroatoms. The van der Waals surface area contributed by atoms with Crippen molar-refractivity contribution < 1.29 is 9.84 Å². The Balaban J connectivity index is 1.91. The minimum Gasteiger partial charge on any atom is -0.508 e. The normalized spacial score (nSPS) is 14.4. The lowest BCUT2D eigenvalue weighted by Gasteiger charge is -2.30. The number of aromatic hydroxyl groups is 1. The standard InChI is InChI=1S/C29H25N3O4/c1-16-13-14-22-20(15-16)32-24(18-10-6-5-9-17(18)2)23-25(30(3)29(35)31(4)28(23)34)26(32)27(36-22)19-11-7-8-12-21(19)33/h5-15,27,33H,1-4H3/t27-/m1/s1. The maximum absolute atomic E-state index is 13.8. The first-order chi connectivity index (χ1) is 17.3. The lowest BCUT2D eigenvalue weighted by Crippen LogP contribution is -2.37. The first kappa shape index (κ1) is 22.0. The summed E-state index contributed by atoms with van der Waals surface area (Å²) in [6.07, 6.45) is -0.751. The van der Waals surface area contributed by atoms with E-state index in [4.69, 9.17) is 4.74 Å². The van der Waals surface area contributed by atoms with Gasteiger partial charge >= 0.3 is 5.69 Å². The van der Waals surface area contributed by atoms with Crippen molar-refractivity contribution in [1.29, 1.82) is 0 Å².